The summed E-state index contributed by atoms with van der Waals surface area (Å²) in [6.45, 7) is 3.49. The normalized spacial score (nSPS) is 19.0. The lowest BCUT2D eigenvalue weighted by Crippen LogP contribution is -2.36. The van der Waals surface area contributed by atoms with E-state index < -0.39 is 12.2 Å². The van der Waals surface area contributed by atoms with E-state index in [2.05, 4.69) is 10.2 Å². The second-order valence-electron chi connectivity index (χ2n) is 6.89. The van der Waals surface area contributed by atoms with Crippen molar-refractivity contribution in [2.45, 2.75) is 6.10 Å². The second-order valence-corrected chi connectivity index (χ2v) is 8.60. The second kappa shape index (κ2) is 9.11. The van der Waals surface area contributed by atoms with Gasteiger partial charge in [-0.1, -0.05) is 11.6 Å². The molecule has 3 heterocycles. The highest BCUT2D eigenvalue weighted by molar-refractivity contribution is 7.18. The molecule has 2 aromatic rings. The van der Waals surface area contributed by atoms with E-state index in [-0.39, 0.29) is 12.5 Å². The Balaban J connectivity index is 1.40. The Morgan fingerprint density at radius 3 is 2.80 bits per heavy atom. The lowest BCUT2D eigenvalue weighted by molar-refractivity contribution is 0.0920. The number of nitrogens with zero attached hydrogens (tertiary/aromatic N) is 2. The Morgan fingerprint density at radius 1 is 1.30 bits per heavy atom. The van der Waals surface area contributed by atoms with Crippen LogP contribution in [0.25, 0.3) is 0 Å². The van der Waals surface area contributed by atoms with Crippen molar-refractivity contribution < 1.29 is 23.8 Å². The number of hydrogen-bond donors (Lipinski definition) is 1. The minimum atomic E-state index is -0.449. The molecular weight excluding hydrogens is 430 g/mol. The van der Waals surface area contributed by atoms with Crippen molar-refractivity contribution in [1.82, 2.24) is 5.32 Å². The van der Waals surface area contributed by atoms with Gasteiger partial charge in [0.2, 0.25) is 0 Å². The van der Waals surface area contributed by atoms with Gasteiger partial charge in [-0.2, -0.15) is 0 Å². The number of methoxy groups -OCH3 is 1. The molecule has 10 heteroatoms. The number of hydrogen-bond acceptors (Lipinski definition) is 7. The summed E-state index contributed by atoms with van der Waals surface area (Å²) in [6.07, 6.45) is -0.892. The molecule has 0 saturated carbocycles. The highest BCUT2D eigenvalue weighted by atomic mass is 35.5. The van der Waals surface area contributed by atoms with Crippen molar-refractivity contribution in [2.75, 3.05) is 56.3 Å². The molecule has 2 fully saturated rings. The molecule has 4 rings (SSSR count). The Kier molecular flexibility index (Phi) is 6.31. The van der Waals surface area contributed by atoms with Gasteiger partial charge in [0.05, 0.1) is 54.0 Å². The topological polar surface area (TPSA) is 80.3 Å². The van der Waals surface area contributed by atoms with Crippen LogP contribution in [0.15, 0.2) is 30.3 Å². The van der Waals surface area contributed by atoms with E-state index in [0.29, 0.717) is 40.4 Å². The number of morpholine rings is 1. The molecule has 1 aromatic carbocycles. The van der Waals surface area contributed by atoms with Gasteiger partial charge >= 0.3 is 6.09 Å². The minimum Gasteiger partial charge on any atom is -0.495 e. The third kappa shape index (κ3) is 4.48. The quantitative estimate of drug-likeness (QED) is 0.727. The van der Waals surface area contributed by atoms with Crippen LogP contribution >= 0.6 is 22.9 Å². The van der Waals surface area contributed by atoms with Gasteiger partial charge in [0, 0.05) is 19.2 Å². The molecule has 0 aliphatic carbocycles. The summed E-state index contributed by atoms with van der Waals surface area (Å²) in [6, 6.07) is 9.00. The zero-order valence-corrected chi connectivity index (χ0v) is 18.0. The number of nitrogens with one attached hydrogen (secondary N) is 1. The molecule has 1 unspecified atom stereocenters. The molecule has 1 aromatic heterocycles. The van der Waals surface area contributed by atoms with E-state index in [1.165, 1.54) is 11.3 Å². The van der Waals surface area contributed by atoms with E-state index in [1.807, 2.05) is 18.2 Å². The van der Waals surface area contributed by atoms with Crippen molar-refractivity contribution >= 4 is 46.3 Å². The van der Waals surface area contributed by atoms with E-state index >= 15 is 0 Å². The van der Waals surface area contributed by atoms with E-state index in [4.69, 9.17) is 25.8 Å². The predicted octanol–water partition coefficient (Wildman–Crippen LogP) is 3.00. The first kappa shape index (κ1) is 20.8. The Bertz CT molecular complexity index is 931. The van der Waals surface area contributed by atoms with Crippen LogP contribution in [-0.4, -0.2) is 64.6 Å². The summed E-state index contributed by atoms with van der Waals surface area (Å²) in [4.78, 5) is 28.8. The molecular formula is C20H22ClN3O5S. The van der Waals surface area contributed by atoms with Crippen LogP contribution in [-0.2, 0) is 9.47 Å². The molecule has 8 nitrogen and oxygen atoms in total. The third-order valence-corrected chi connectivity index (χ3v) is 6.22. The zero-order valence-electron chi connectivity index (χ0n) is 16.4. The molecule has 2 aliphatic heterocycles. The molecule has 2 amide bonds. The molecule has 30 heavy (non-hydrogen) atoms. The average Bonchev–Trinajstić information content (AvgIpc) is 3.37. The molecule has 0 spiro atoms. The standard InChI is InChI=1S/C20H22ClN3O5S/c1-27-16-10-13(2-3-15(16)23-6-8-28-9-7-23)24-12-14(29-20(24)26)11-22-19(25)17-4-5-18(21)30-17/h2-5,10,14H,6-9,11-12H2,1H3,(H,22,25). The first-order chi connectivity index (χ1) is 14.5. The summed E-state index contributed by atoms with van der Waals surface area (Å²) in [7, 11) is 1.61. The Morgan fingerprint density at radius 2 is 2.10 bits per heavy atom. The molecule has 0 radical (unpaired) electrons. The number of amides is 2. The van der Waals surface area contributed by atoms with Crippen LogP contribution in [0.4, 0.5) is 16.2 Å². The Labute approximate surface area is 183 Å². The fraction of sp³-hybridized carbons (Fsp3) is 0.400. The van der Waals surface area contributed by atoms with Crippen molar-refractivity contribution in [3.8, 4) is 5.75 Å². The molecule has 0 bridgehead atoms. The number of benzene rings is 1. The number of halogens is 1. The summed E-state index contributed by atoms with van der Waals surface area (Å²) in [5.74, 6) is 0.450. The van der Waals surface area contributed by atoms with Gasteiger partial charge in [0.15, 0.2) is 0 Å². The maximum Gasteiger partial charge on any atom is 0.414 e. The number of carbonyl (C=O) groups is 2. The summed E-state index contributed by atoms with van der Waals surface area (Å²) in [5.41, 5.74) is 1.66. The molecule has 160 valence electrons. The van der Waals surface area contributed by atoms with Crippen molar-refractivity contribution in [3.05, 3.63) is 39.5 Å². The molecule has 2 saturated heterocycles. The smallest absolute Gasteiger partial charge is 0.414 e. The van der Waals surface area contributed by atoms with E-state index in [1.54, 1.807) is 24.1 Å². The van der Waals surface area contributed by atoms with Gasteiger partial charge in [0.25, 0.3) is 5.91 Å². The van der Waals surface area contributed by atoms with Gasteiger partial charge in [-0.3, -0.25) is 9.69 Å². The van der Waals surface area contributed by atoms with Crippen LogP contribution in [0.1, 0.15) is 9.67 Å². The van der Waals surface area contributed by atoms with Crippen LogP contribution < -0.4 is 19.9 Å². The SMILES string of the molecule is COc1cc(N2CC(CNC(=O)c3ccc(Cl)s3)OC2=O)ccc1N1CCOCC1. The van der Waals surface area contributed by atoms with Gasteiger partial charge < -0.3 is 24.4 Å². The number of anilines is 2. The number of cyclic esters (lactones) is 1. The lowest BCUT2D eigenvalue weighted by Gasteiger charge is -2.30. The highest BCUT2D eigenvalue weighted by Gasteiger charge is 2.33. The van der Waals surface area contributed by atoms with Crippen molar-refractivity contribution in [1.29, 1.82) is 0 Å². The van der Waals surface area contributed by atoms with Crippen molar-refractivity contribution in [2.24, 2.45) is 0 Å². The van der Waals surface area contributed by atoms with Crippen LogP contribution in [0.2, 0.25) is 4.34 Å². The third-order valence-electron chi connectivity index (χ3n) is 4.99. The van der Waals surface area contributed by atoms with Gasteiger partial charge in [-0.15, -0.1) is 11.3 Å². The Hall–Kier alpha value is -2.49. The van der Waals surface area contributed by atoms with E-state index in [0.717, 1.165) is 18.8 Å². The van der Waals surface area contributed by atoms with Gasteiger partial charge in [-0.25, -0.2) is 4.79 Å². The fourth-order valence-corrected chi connectivity index (χ4v) is 4.43. The monoisotopic (exact) mass is 451 g/mol. The van der Waals surface area contributed by atoms with Crippen LogP contribution in [0.3, 0.4) is 0 Å². The first-order valence-corrected chi connectivity index (χ1v) is 10.8. The number of carbonyl (C=O) groups excluding carboxylic acids is 2. The highest BCUT2D eigenvalue weighted by Crippen LogP contribution is 2.34. The maximum absolute atomic E-state index is 12.4. The first-order valence-electron chi connectivity index (χ1n) is 9.57. The average molecular weight is 452 g/mol. The number of ether oxygens (including phenoxy) is 3. The number of thiophene rings is 1. The minimum absolute atomic E-state index is 0.222. The summed E-state index contributed by atoms with van der Waals surface area (Å²) < 4.78 is 16.9. The maximum atomic E-state index is 12.4. The zero-order chi connectivity index (χ0) is 21.1. The predicted molar refractivity (Wildman–Crippen MR) is 115 cm³/mol. The molecule has 2 aliphatic rings. The molecule has 1 N–H and O–H groups in total. The van der Waals surface area contributed by atoms with Gasteiger partial charge in [0.1, 0.15) is 11.9 Å². The summed E-state index contributed by atoms with van der Waals surface area (Å²) in [5, 5.41) is 2.79. The number of rotatable bonds is 6. The molecule has 1 atom stereocenters. The fourth-order valence-electron chi connectivity index (χ4n) is 3.47. The lowest BCUT2D eigenvalue weighted by atomic mass is 10.2. The van der Waals surface area contributed by atoms with Crippen molar-refractivity contribution in [3.63, 3.8) is 0 Å². The van der Waals surface area contributed by atoms with Gasteiger partial charge in [-0.05, 0) is 24.3 Å². The largest absolute Gasteiger partial charge is 0.495 e. The van der Waals surface area contributed by atoms with Crippen LogP contribution in [0.5, 0.6) is 5.75 Å². The van der Waals surface area contributed by atoms with E-state index in [9.17, 15) is 9.59 Å². The van der Waals surface area contributed by atoms with Crippen LogP contribution in [0, 0.1) is 0 Å². The summed E-state index contributed by atoms with van der Waals surface area (Å²) >= 11 is 7.07.